The number of amides is 1. The molecule has 0 radical (unpaired) electrons. The van der Waals surface area contributed by atoms with Gasteiger partial charge in [-0.15, -0.1) is 10.2 Å². The van der Waals surface area contributed by atoms with Crippen molar-refractivity contribution >= 4 is 22.2 Å². The molecule has 0 N–H and O–H groups in total. The van der Waals surface area contributed by atoms with Crippen molar-refractivity contribution in [2.45, 2.75) is 58.4 Å². The predicted octanol–water partition coefficient (Wildman–Crippen LogP) is 2.25. The summed E-state index contributed by atoms with van der Waals surface area (Å²) in [5.74, 6) is 1.52. The molecule has 0 aliphatic carbocycles. The molecule has 3 heterocycles. The lowest BCUT2D eigenvalue weighted by atomic mass is 9.97. The van der Waals surface area contributed by atoms with Crippen LogP contribution in [0.5, 0.6) is 0 Å². The van der Waals surface area contributed by atoms with Crippen molar-refractivity contribution in [3.05, 3.63) is 10.8 Å². The number of fused-ring (bicyclic) bond motifs is 1. The fraction of sp³-hybridized carbons (Fsp3) is 0.714. The van der Waals surface area contributed by atoms with Crippen molar-refractivity contribution < 1.29 is 4.79 Å². The van der Waals surface area contributed by atoms with E-state index in [1.165, 1.54) is 0 Å². The molecule has 1 atom stereocenters. The summed E-state index contributed by atoms with van der Waals surface area (Å²) in [5.41, 5.74) is 0. The van der Waals surface area contributed by atoms with Crippen LogP contribution in [0.3, 0.4) is 0 Å². The lowest BCUT2D eigenvalue weighted by molar-refractivity contribution is -0.135. The predicted molar refractivity (Wildman–Crippen MR) is 81.5 cm³/mol. The van der Waals surface area contributed by atoms with E-state index >= 15 is 0 Å². The van der Waals surface area contributed by atoms with E-state index in [4.69, 9.17) is 5.10 Å². The van der Waals surface area contributed by atoms with Crippen LogP contribution in [0.4, 0.5) is 0 Å². The van der Waals surface area contributed by atoms with Crippen LogP contribution in [0.1, 0.15) is 56.8 Å². The van der Waals surface area contributed by atoms with Crippen LogP contribution in [-0.2, 0) is 11.2 Å². The van der Waals surface area contributed by atoms with Crippen molar-refractivity contribution in [3.8, 4) is 0 Å². The molecule has 0 aromatic carbocycles. The average Bonchev–Trinajstić information content (AvgIpc) is 3.01. The molecule has 3 rings (SSSR count). The first-order valence-corrected chi connectivity index (χ1v) is 8.42. The second kappa shape index (κ2) is 5.71. The highest BCUT2D eigenvalue weighted by Crippen LogP contribution is 2.31. The van der Waals surface area contributed by atoms with Crippen molar-refractivity contribution in [1.29, 1.82) is 0 Å². The lowest BCUT2D eigenvalue weighted by Gasteiger charge is -2.34. The maximum Gasteiger partial charge on any atom is 0.234 e. The average molecular weight is 307 g/mol. The van der Waals surface area contributed by atoms with Crippen LogP contribution in [0.25, 0.3) is 4.96 Å². The van der Waals surface area contributed by atoms with Gasteiger partial charge in [-0.3, -0.25) is 4.79 Å². The van der Waals surface area contributed by atoms with Crippen LogP contribution >= 0.6 is 11.3 Å². The highest BCUT2D eigenvalue weighted by Gasteiger charge is 2.30. The Bertz CT molecular complexity index is 647. The Hall–Kier alpha value is -1.50. The van der Waals surface area contributed by atoms with E-state index in [1.807, 2.05) is 9.42 Å². The number of piperidine rings is 1. The number of carbonyl (C=O) groups excluding carboxylic acids is 1. The summed E-state index contributed by atoms with van der Waals surface area (Å²) in [6.45, 7) is 7.03. The molecule has 114 valence electrons. The monoisotopic (exact) mass is 307 g/mol. The van der Waals surface area contributed by atoms with Crippen LogP contribution < -0.4 is 0 Å². The third-order valence-corrected chi connectivity index (χ3v) is 5.02. The normalized spacial score (nSPS) is 19.9. The second-order valence-electron chi connectivity index (χ2n) is 5.88. The number of rotatable bonds is 4. The van der Waals surface area contributed by atoms with E-state index < -0.39 is 0 Å². The molecule has 2 aromatic heterocycles. The van der Waals surface area contributed by atoms with Gasteiger partial charge in [0.05, 0.1) is 0 Å². The summed E-state index contributed by atoms with van der Waals surface area (Å²) < 4.78 is 1.87. The van der Waals surface area contributed by atoms with Gasteiger partial charge >= 0.3 is 0 Å². The minimum atomic E-state index is 0.252. The maximum absolute atomic E-state index is 12.0. The lowest BCUT2D eigenvalue weighted by Crippen LogP contribution is -2.43. The minimum Gasteiger partial charge on any atom is -0.340 e. The standard InChI is InChI=1S/C14H21N5OS/c1-4-5-11-15-16-14-19(11)17-13(21-14)10-6-7-12(20)18(8-10)9(2)3/h9-10H,4-8H2,1-3H3/t10-/m1/s1. The molecular weight excluding hydrogens is 286 g/mol. The first-order valence-electron chi connectivity index (χ1n) is 7.60. The topological polar surface area (TPSA) is 63.4 Å². The van der Waals surface area contributed by atoms with Gasteiger partial charge in [0.15, 0.2) is 5.82 Å². The van der Waals surface area contributed by atoms with E-state index in [-0.39, 0.29) is 11.9 Å². The van der Waals surface area contributed by atoms with E-state index in [1.54, 1.807) is 11.3 Å². The van der Waals surface area contributed by atoms with Crippen molar-refractivity contribution in [2.24, 2.45) is 0 Å². The molecule has 21 heavy (non-hydrogen) atoms. The summed E-state index contributed by atoms with van der Waals surface area (Å²) in [4.78, 5) is 14.8. The summed E-state index contributed by atoms with van der Waals surface area (Å²) in [5, 5.41) is 14.2. The van der Waals surface area contributed by atoms with Crippen LogP contribution in [0.15, 0.2) is 0 Å². The molecule has 1 aliphatic rings. The first-order chi connectivity index (χ1) is 10.1. The number of aromatic nitrogens is 4. The first kappa shape index (κ1) is 14.4. The fourth-order valence-corrected chi connectivity index (χ4v) is 3.77. The van der Waals surface area contributed by atoms with Gasteiger partial charge in [-0.2, -0.15) is 9.61 Å². The largest absolute Gasteiger partial charge is 0.340 e. The van der Waals surface area contributed by atoms with E-state index in [9.17, 15) is 4.79 Å². The van der Waals surface area contributed by atoms with Gasteiger partial charge in [-0.1, -0.05) is 18.3 Å². The summed E-state index contributed by atoms with van der Waals surface area (Å²) in [7, 11) is 0. The highest BCUT2D eigenvalue weighted by atomic mass is 32.1. The molecule has 0 bridgehead atoms. The van der Waals surface area contributed by atoms with E-state index in [2.05, 4.69) is 31.0 Å². The number of hydrogen-bond donors (Lipinski definition) is 0. The van der Waals surface area contributed by atoms with Crippen LogP contribution in [0.2, 0.25) is 0 Å². The Labute approximate surface area is 128 Å². The van der Waals surface area contributed by atoms with Gasteiger partial charge in [0.1, 0.15) is 5.01 Å². The zero-order valence-electron chi connectivity index (χ0n) is 12.7. The van der Waals surface area contributed by atoms with Gasteiger partial charge in [0.2, 0.25) is 10.9 Å². The van der Waals surface area contributed by atoms with Crippen molar-refractivity contribution in [2.75, 3.05) is 6.54 Å². The SMILES string of the molecule is CCCc1nnc2sc([C@@H]3CCC(=O)N(C(C)C)C3)nn12. The third kappa shape index (κ3) is 2.66. The Morgan fingerprint density at radius 3 is 2.90 bits per heavy atom. The summed E-state index contributed by atoms with van der Waals surface area (Å²) in [6.07, 6.45) is 3.43. The number of nitrogens with zero attached hydrogens (tertiary/aromatic N) is 5. The molecule has 1 saturated heterocycles. The molecule has 7 heteroatoms. The smallest absolute Gasteiger partial charge is 0.234 e. The van der Waals surface area contributed by atoms with Gasteiger partial charge in [0.25, 0.3) is 0 Å². The quantitative estimate of drug-likeness (QED) is 0.869. The highest BCUT2D eigenvalue weighted by molar-refractivity contribution is 7.16. The molecule has 0 spiro atoms. The number of hydrogen-bond acceptors (Lipinski definition) is 5. The van der Waals surface area contributed by atoms with E-state index in [0.29, 0.717) is 12.3 Å². The Kier molecular flexibility index (Phi) is 3.93. The number of likely N-dealkylation sites (tertiary alicyclic amines) is 1. The van der Waals surface area contributed by atoms with Crippen molar-refractivity contribution in [1.82, 2.24) is 24.7 Å². The Morgan fingerprint density at radius 2 is 2.19 bits per heavy atom. The van der Waals surface area contributed by atoms with Crippen molar-refractivity contribution in [3.63, 3.8) is 0 Å². The minimum absolute atomic E-state index is 0.252. The molecule has 1 fully saturated rings. The molecule has 6 nitrogen and oxygen atoms in total. The molecule has 2 aromatic rings. The Morgan fingerprint density at radius 1 is 1.38 bits per heavy atom. The van der Waals surface area contributed by atoms with Crippen LogP contribution in [-0.4, -0.2) is 43.2 Å². The fourth-order valence-electron chi connectivity index (χ4n) is 2.79. The molecular formula is C14H21N5OS. The number of carbonyl (C=O) groups is 1. The second-order valence-corrected chi connectivity index (χ2v) is 6.86. The van der Waals surface area contributed by atoms with E-state index in [0.717, 1.165) is 41.6 Å². The van der Waals surface area contributed by atoms with Gasteiger partial charge in [-0.05, 0) is 26.7 Å². The molecule has 1 aliphatic heterocycles. The molecule has 0 saturated carbocycles. The zero-order chi connectivity index (χ0) is 15.0. The summed E-state index contributed by atoms with van der Waals surface area (Å²) in [6, 6.07) is 0.252. The zero-order valence-corrected chi connectivity index (χ0v) is 13.6. The third-order valence-electron chi connectivity index (χ3n) is 3.96. The number of aryl methyl sites for hydroxylation is 1. The molecule has 0 unspecified atom stereocenters. The van der Waals surface area contributed by atoms with Crippen LogP contribution in [0, 0.1) is 0 Å². The molecule has 1 amide bonds. The van der Waals surface area contributed by atoms with Gasteiger partial charge in [0, 0.05) is 31.3 Å². The van der Waals surface area contributed by atoms with Gasteiger partial charge in [-0.25, -0.2) is 0 Å². The van der Waals surface area contributed by atoms with Gasteiger partial charge < -0.3 is 4.90 Å². The summed E-state index contributed by atoms with van der Waals surface area (Å²) >= 11 is 1.61. The Balaban J connectivity index is 1.85. The maximum atomic E-state index is 12.0.